The van der Waals surface area contributed by atoms with Crippen molar-refractivity contribution in [2.45, 2.75) is 6.54 Å². The van der Waals surface area contributed by atoms with Crippen LogP contribution in [0.15, 0.2) is 46.6 Å². The summed E-state index contributed by atoms with van der Waals surface area (Å²) in [6.07, 6.45) is 0.833. The number of aromatic nitrogens is 1. The maximum atomic E-state index is 12.8. The molecule has 5 heteroatoms. The Balaban J connectivity index is 2.43. The summed E-state index contributed by atoms with van der Waals surface area (Å²) in [6, 6.07) is 11.1. The molecule has 3 rings (SSSR count). The lowest BCUT2D eigenvalue weighted by Crippen LogP contribution is -2.25. The third-order valence-corrected chi connectivity index (χ3v) is 4.49. The molecule has 112 valence electrons. The van der Waals surface area contributed by atoms with Crippen LogP contribution in [-0.2, 0) is 11.3 Å². The summed E-state index contributed by atoms with van der Waals surface area (Å²) < 4.78 is 6.75. The second-order valence-corrected chi connectivity index (χ2v) is 5.80. The monoisotopic (exact) mass is 313 g/mol. The van der Waals surface area contributed by atoms with E-state index in [1.165, 1.54) is 11.3 Å². The Morgan fingerprint density at radius 1 is 1.18 bits per heavy atom. The summed E-state index contributed by atoms with van der Waals surface area (Å²) in [7, 11) is 1.59. The van der Waals surface area contributed by atoms with E-state index >= 15 is 0 Å². The zero-order chi connectivity index (χ0) is 15.5. The molecule has 4 nitrogen and oxygen atoms in total. The fourth-order valence-corrected chi connectivity index (χ4v) is 3.41. The molecule has 0 aliphatic heterocycles. The van der Waals surface area contributed by atoms with Crippen LogP contribution in [0.25, 0.3) is 21.3 Å². The summed E-state index contributed by atoms with van der Waals surface area (Å²) in [5, 5.41) is 3.19. The van der Waals surface area contributed by atoms with Crippen LogP contribution in [0.3, 0.4) is 0 Å². The lowest BCUT2D eigenvalue weighted by Gasteiger charge is -2.16. The normalized spacial score (nSPS) is 11.0. The van der Waals surface area contributed by atoms with Crippen molar-refractivity contribution >= 4 is 28.4 Å². The molecule has 0 radical (unpaired) electrons. The predicted molar refractivity (Wildman–Crippen MR) is 88.8 cm³/mol. The van der Waals surface area contributed by atoms with E-state index in [0.29, 0.717) is 35.2 Å². The van der Waals surface area contributed by atoms with Gasteiger partial charge in [0.15, 0.2) is 6.29 Å². The fourth-order valence-electron chi connectivity index (χ4n) is 2.62. The molecule has 1 aromatic carbocycles. The van der Waals surface area contributed by atoms with Crippen molar-refractivity contribution in [1.29, 1.82) is 0 Å². The Morgan fingerprint density at radius 2 is 1.95 bits per heavy atom. The minimum Gasteiger partial charge on any atom is -0.383 e. The highest BCUT2D eigenvalue weighted by Gasteiger charge is 2.18. The van der Waals surface area contributed by atoms with Crippen LogP contribution >= 0.6 is 11.3 Å². The number of ether oxygens (including phenoxy) is 1. The maximum absolute atomic E-state index is 12.8. The van der Waals surface area contributed by atoms with Gasteiger partial charge in [0.05, 0.1) is 17.2 Å². The van der Waals surface area contributed by atoms with E-state index in [4.69, 9.17) is 4.74 Å². The number of methoxy groups -OCH3 is 1. The highest BCUT2D eigenvalue weighted by atomic mass is 32.1. The van der Waals surface area contributed by atoms with Crippen molar-refractivity contribution in [3.63, 3.8) is 0 Å². The standard InChI is InChI=1S/C17H15NO3S/c1-21-9-8-18-16(15-7-4-10-22-15)14(11-19)12-5-2-3-6-13(12)17(18)20/h2-7,10-11H,8-9H2,1H3. The molecule has 0 spiro atoms. The number of nitrogens with zero attached hydrogens (tertiary/aromatic N) is 1. The molecule has 0 saturated heterocycles. The van der Waals surface area contributed by atoms with Crippen LogP contribution < -0.4 is 5.56 Å². The first kappa shape index (κ1) is 14.7. The Labute approximate surface area is 131 Å². The third kappa shape index (κ3) is 2.38. The van der Waals surface area contributed by atoms with Crippen LogP contribution in [0.2, 0.25) is 0 Å². The number of thiophene rings is 1. The number of carbonyl (C=O) groups is 1. The van der Waals surface area contributed by atoms with Crippen LogP contribution in [0.1, 0.15) is 10.4 Å². The average Bonchev–Trinajstić information content (AvgIpc) is 3.08. The molecule has 3 aromatic rings. The fraction of sp³-hybridized carbons (Fsp3) is 0.176. The molecule has 0 bridgehead atoms. The third-order valence-electron chi connectivity index (χ3n) is 3.61. The zero-order valence-electron chi connectivity index (χ0n) is 12.1. The Hall–Kier alpha value is -2.24. The van der Waals surface area contributed by atoms with Gasteiger partial charge in [0.1, 0.15) is 0 Å². The second-order valence-electron chi connectivity index (χ2n) is 4.85. The van der Waals surface area contributed by atoms with Gasteiger partial charge in [-0.1, -0.05) is 24.3 Å². The van der Waals surface area contributed by atoms with Gasteiger partial charge in [0.25, 0.3) is 5.56 Å². The number of aldehydes is 1. The summed E-state index contributed by atoms with van der Waals surface area (Å²) in [6.45, 7) is 0.823. The Morgan fingerprint density at radius 3 is 2.59 bits per heavy atom. The molecule has 0 aliphatic carbocycles. The number of pyridine rings is 1. The molecule has 0 amide bonds. The molecule has 2 heterocycles. The van der Waals surface area contributed by atoms with Crippen molar-refractivity contribution in [3.8, 4) is 10.6 Å². The first-order valence-electron chi connectivity index (χ1n) is 6.91. The number of fused-ring (bicyclic) bond motifs is 1. The molecule has 0 aliphatic rings. The molecular formula is C17H15NO3S. The number of hydrogen-bond acceptors (Lipinski definition) is 4. The van der Waals surface area contributed by atoms with E-state index in [9.17, 15) is 9.59 Å². The number of hydrogen-bond donors (Lipinski definition) is 0. The number of rotatable bonds is 5. The van der Waals surface area contributed by atoms with E-state index in [-0.39, 0.29) is 5.56 Å². The van der Waals surface area contributed by atoms with Gasteiger partial charge >= 0.3 is 0 Å². The van der Waals surface area contributed by atoms with Gasteiger partial charge in [0, 0.05) is 24.6 Å². The van der Waals surface area contributed by atoms with Crippen LogP contribution in [0.4, 0.5) is 0 Å². The smallest absolute Gasteiger partial charge is 0.259 e. The van der Waals surface area contributed by atoms with Crippen molar-refractivity contribution in [3.05, 3.63) is 57.7 Å². The summed E-state index contributed by atoms with van der Waals surface area (Å²) in [5.74, 6) is 0. The second kappa shape index (κ2) is 6.25. The Bertz CT molecular complexity index is 865. The summed E-state index contributed by atoms with van der Waals surface area (Å²) in [5.41, 5.74) is 1.13. The minimum absolute atomic E-state index is 0.0957. The van der Waals surface area contributed by atoms with Crippen molar-refractivity contribution in [2.24, 2.45) is 0 Å². The Kier molecular flexibility index (Phi) is 4.18. The quantitative estimate of drug-likeness (QED) is 0.680. The van der Waals surface area contributed by atoms with Gasteiger partial charge in [-0.3, -0.25) is 9.59 Å². The van der Waals surface area contributed by atoms with Crippen LogP contribution in [0.5, 0.6) is 0 Å². The molecule has 22 heavy (non-hydrogen) atoms. The van der Waals surface area contributed by atoms with Crippen LogP contribution in [-0.4, -0.2) is 24.6 Å². The average molecular weight is 313 g/mol. The molecule has 2 aromatic heterocycles. The topological polar surface area (TPSA) is 48.3 Å². The summed E-state index contributed by atoms with van der Waals surface area (Å²) >= 11 is 1.51. The van der Waals surface area contributed by atoms with E-state index in [2.05, 4.69) is 0 Å². The van der Waals surface area contributed by atoms with Gasteiger partial charge in [-0.15, -0.1) is 11.3 Å². The number of carbonyl (C=O) groups excluding carboxylic acids is 1. The van der Waals surface area contributed by atoms with Gasteiger partial charge in [-0.05, 0) is 22.9 Å². The van der Waals surface area contributed by atoms with Crippen molar-refractivity contribution in [2.75, 3.05) is 13.7 Å². The highest BCUT2D eigenvalue weighted by molar-refractivity contribution is 7.13. The first-order valence-corrected chi connectivity index (χ1v) is 7.79. The van der Waals surface area contributed by atoms with Crippen LogP contribution in [0, 0.1) is 0 Å². The lowest BCUT2D eigenvalue weighted by atomic mass is 10.0. The molecule has 0 fully saturated rings. The molecular weight excluding hydrogens is 298 g/mol. The van der Waals surface area contributed by atoms with E-state index in [1.807, 2.05) is 35.7 Å². The molecule has 0 atom stereocenters. The maximum Gasteiger partial charge on any atom is 0.259 e. The molecule has 0 saturated carbocycles. The van der Waals surface area contributed by atoms with Gasteiger partial charge in [0.2, 0.25) is 0 Å². The predicted octanol–water partition coefficient (Wildman–Crippen LogP) is 3.19. The van der Waals surface area contributed by atoms with Gasteiger partial charge < -0.3 is 9.30 Å². The zero-order valence-corrected chi connectivity index (χ0v) is 12.9. The highest BCUT2D eigenvalue weighted by Crippen LogP contribution is 2.30. The summed E-state index contributed by atoms with van der Waals surface area (Å²) in [4.78, 5) is 25.5. The van der Waals surface area contributed by atoms with E-state index < -0.39 is 0 Å². The van der Waals surface area contributed by atoms with Crippen molar-refractivity contribution in [1.82, 2.24) is 4.57 Å². The molecule has 0 unspecified atom stereocenters. The largest absolute Gasteiger partial charge is 0.383 e. The minimum atomic E-state index is -0.0957. The van der Waals surface area contributed by atoms with E-state index in [0.717, 1.165) is 11.2 Å². The first-order chi connectivity index (χ1) is 10.8. The van der Waals surface area contributed by atoms with Gasteiger partial charge in [-0.2, -0.15) is 0 Å². The SMILES string of the molecule is COCCn1c(-c2cccs2)c(C=O)c2ccccc2c1=O. The lowest BCUT2D eigenvalue weighted by molar-refractivity contribution is 0.112. The van der Waals surface area contributed by atoms with Gasteiger partial charge in [-0.25, -0.2) is 0 Å². The molecule has 0 N–H and O–H groups in total. The van der Waals surface area contributed by atoms with E-state index in [1.54, 1.807) is 17.7 Å². The number of benzene rings is 1. The van der Waals surface area contributed by atoms with Crippen molar-refractivity contribution < 1.29 is 9.53 Å².